The van der Waals surface area contributed by atoms with E-state index in [0.29, 0.717) is 12.5 Å². The summed E-state index contributed by atoms with van der Waals surface area (Å²) in [5.41, 5.74) is 1.85. The van der Waals surface area contributed by atoms with Gasteiger partial charge in [0.2, 0.25) is 5.91 Å². The number of carbonyl (C=O) groups is 2. The summed E-state index contributed by atoms with van der Waals surface area (Å²) < 4.78 is 0. The molecule has 3 fully saturated rings. The lowest BCUT2D eigenvalue weighted by Crippen LogP contribution is -2.54. The monoisotopic (exact) mass is 326 g/mol. The molecule has 4 rings (SSSR count). The van der Waals surface area contributed by atoms with Gasteiger partial charge in [-0.25, -0.2) is 4.90 Å². The van der Waals surface area contributed by atoms with E-state index in [2.05, 4.69) is 4.90 Å². The summed E-state index contributed by atoms with van der Waals surface area (Å²) >= 11 is 0. The molecule has 0 aromatic heterocycles. The molecule has 1 aromatic carbocycles. The second-order valence-corrected chi connectivity index (χ2v) is 7.61. The first-order valence-electron chi connectivity index (χ1n) is 9.34. The molecule has 2 aliphatic heterocycles. The number of fused-ring (bicyclic) bond motifs is 1. The van der Waals surface area contributed by atoms with Gasteiger partial charge in [0, 0.05) is 6.04 Å². The van der Waals surface area contributed by atoms with E-state index >= 15 is 0 Å². The van der Waals surface area contributed by atoms with Crippen LogP contribution < -0.4 is 4.90 Å². The van der Waals surface area contributed by atoms with E-state index in [9.17, 15) is 9.59 Å². The van der Waals surface area contributed by atoms with Gasteiger partial charge in [-0.05, 0) is 57.2 Å². The molecule has 0 spiro atoms. The van der Waals surface area contributed by atoms with Gasteiger partial charge in [0.15, 0.2) is 0 Å². The van der Waals surface area contributed by atoms with Crippen LogP contribution in [0.25, 0.3) is 0 Å². The van der Waals surface area contributed by atoms with Crippen molar-refractivity contribution in [3.63, 3.8) is 0 Å². The van der Waals surface area contributed by atoms with Crippen LogP contribution in [0.15, 0.2) is 24.3 Å². The van der Waals surface area contributed by atoms with E-state index in [1.54, 1.807) is 0 Å². The van der Waals surface area contributed by atoms with Gasteiger partial charge < -0.3 is 0 Å². The molecule has 1 aromatic rings. The summed E-state index contributed by atoms with van der Waals surface area (Å²) in [5.74, 6) is 0.658. The van der Waals surface area contributed by atoms with Gasteiger partial charge in [-0.2, -0.15) is 0 Å². The number of anilines is 1. The minimum absolute atomic E-state index is 0.0184. The molecule has 3 unspecified atom stereocenters. The minimum Gasteiger partial charge on any atom is -0.288 e. The fourth-order valence-corrected chi connectivity index (χ4v) is 4.89. The Balaban J connectivity index is 1.57. The molecule has 24 heavy (non-hydrogen) atoms. The number of likely N-dealkylation sites (tertiary alicyclic amines) is 1. The van der Waals surface area contributed by atoms with Crippen molar-refractivity contribution in [2.75, 3.05) is 11.4 Å². The van der Waals surface area contributed by atoms with Crippen molar-refractivity contribution in [3.8, 4) is 0 Å². The molecule has 4 heteroatoms. The lowest BCUT2D eigenvalue weighted by molar-refractivity contribution is -0.124. The molecule has 2 amide bonds. The van der Waals surface area contributed by atoms with E-state index in [1.165, 1.54) is 37.0 Å². The number of aryl methyl sites for hydroxylation is 1. The second-order valence-electron chi connectivity index (χ2n) is 7.61. The van der Waals surface area contributed by atoms with Crippen molar-refractivity contribution >= 4 is 17.5 Å². The zero-order chi connectivity index (χ0) is 16.7. The lowest BCUT2D eigenvalue weighted by atomic mass is 9.77. The number of amides is 2. The Hall–Kier alpha value is -1.68. The molecule has 128 valence electrons. The quantitative estimate of drug-likeness (QED) is 0.783. The van der Waals surface area contributed by atoms with Crippen LogP contribution in [-0.2, 0) is 9.59 Å². The molecular formula is C20H26N2O2. The molecule has 3 atom stereocenters. The van der Waals surface area contributed by atoms with E-state index in [4.69, 9.17) is 0 Å². The summed E-state index contributed by atoms with van der Waals surface area (Å²) in [4.78, 5) is 29.4. The van der Waals surface area contributed by atoms with Crippen LogP contribution in [-0.4, -0.2) is 35.3 Å². The number of piperidine rings is 1. The average molecular weight is 326 g/mol. The van der Waals surface area contributed by atoms with E-state index in [-0.39, 0.29) is 17.9 Å². The molecule has 3 aliphatic rings. The van der Waals surface area contributed by atoms with Crippen molar-refractivity contribution in [2.24, 2.45) is 5.92 Å². The Morgan fingerprint density at radius 3 is 2.46 bits per heavy atom. The summed E-state index contributed by atoms with van der Waals surface area (Å²) in [5, 5.41) is 0. The van der Waals surface area contributed by atoms with Gasteiger partial charge in [0.05, 0.1) is 18.2 Å². The Bertz CT molecular complexity index is 638. The van der Waals surface area contributed by atoms with Crippen LogP contribution in [0, 0.1) is 12.8 Å². The zero-order valence-electron chi connectivity index (χ0n) is 14.4. The first kappa shape index (κ1) is 15.8. The Morgan fingerprint density at radius 1 is 0.958 bits per heavy atom. The van der Waals surface area contributed by atoms with Crippen molar-refractivity contribution in [3.05, 3.63) is 29.8 Å². The lowest BCUT2D eigenvalue weighted by Gasteiger charge is -2.46. The molecule has 0 N–H and O–H groups in total. The van der Waals surface area contributed by atoms with Crippen LogP contribution in [0.4, 0.5) is 5.69 Å². The van der Waals surface area contributed by atoms with Crippen molar-refractivity contribution < 1.29 is 9.59 Å². The third-order valence-electron chi connectivity index (χ3n) is 6.10. The Labute approximate surface area is 143 Å². The standard InChI is InChI=1S/C20H26N2O2/c1-14-8-10-16(11-9-14)22-19(23)13-18(20(22)24)21-12-4-6-15-5-2-3-7-17(15)21/h8-11,15,17-18H,2-7,12-13H2,1H3. The molecule has 0 bridgehead atoms. The molecule has 2 heterocycles. The molecule has 0 radical (unpaired) electrons. The van der Waals surface area contributed by atoms with Crippen LogP contribution in [0.5, 0.6) is 0 Å². The fourth-order valence-electron chi connectivity index (χ4n) is 4.89. The number of hydrogen-bond acceptors (Lipinski definition) is 3. The Kier molecular flexibility index (Phi) is 4.17. The average Bonchev–Trinajstić information content (AvgIpc) is 2.90. The maximum absolute atomic E-state index is 13.0. The van der Waals surface area contributed by atoms with Gasteiger partial charge in [0.25, 0.3) is 5.91 Å². The number of benzene rings is 1. The first-order chi connectivity index (χ1) is 11.6. The summed E-state index contributed by atoms with van der Waals surface area (Å²) in [6.45, 7) is 2.98. The van der Waals surface area contributed by atoms with Crippen LogP contribution in [0.1, 0.15) is 50.5 Å². The molecular weight excluding hydrogens is 300 g/mol. The highest BCUT2D eigenvalue weighted by Crippen LogP contribution is 2.38. The van der Waals surface area contributed by atoms with Crippen LogP contribution in [0.2, 0.25) is 0 Å². The topological polar surface area (TPSA) is 40.6 Å². The predicted octanol–water partition coefficient (Wildman–Crippen LogP) is 3.28. The minimum atomic E-state index is -0.246. The molecule has 1 saturated carbocycles. The largest absolute Gasteiger partial charge is 0.288 e. The number of hydrogen-bond donors (Lipinski definition) is 0. The third-order valence-corrected chi connectivity index (χ3v) is 6.10. The predicted molar refractivity (Wildman–Crippen MR) is 93.8 cm³/mol. The highest BCUT2D eigenvalue weighted by molar-refractivity contribution is 6.22. The molecule has 4 nitrogen and oxygen atoms in total. The maximum Gasteiger partial charge on any atom is 0.251 e. The Morgan fingerprint density at radius 2 is 1.67 bits per heavy atom. The molecule has 2 saturated heterocycles. The maximum atomic E-state index is 13.0. The van der Waals surface area contributed by atoms with Gasteiger partial charge in [-0.15, -0.1) is 0 Å². The van der Waals surface area contributed by atoms with Crippen molar-refractivity contribution in [1.82, 2.24) is 4.90 Å². The van der Waals surface area contributed by atoms with Crippen LogP contribution in [0.3, 0.4) is 0 Å². The van der Waals surface area contributed by atoms with Gasteiger partial charge in [0.1, 0.15) is 0 Å². The van der Waals surface area contributed by atoms with E-state index < -0.39 is 0 Å². The second kappa shape index (κ2) is 6.32. The smallest absolute Gasteiger partial charge is 0.251 e. The van der Waals surface area contributed by atoms with Gasteiger partial charge in [-0.1, -0.05) is 30.5 Å². The van der Waals surface area contributed by atoms with E-state index in [0.717, 1.165) is 30.1 Å². The number of carbonyl (C=O) groups excluding carboxylic acids is 2. The van der Waals surface area contributed by atoms with Gasteiger partial charge >= 0.3 is 0 Å². The third kappa shape index (κ3) is 2.67. The summed E-state index contributed by atoms with van der Waals surface area (Å²) in [6.07, 6.45) is 7.85. The number of rotatable bonds is 2. The van der Waals surface area contributed by atoms with Gasteiger partial charge in [-0.3, -0.25) is 14.5 Å². The zero-order valence-corrected chi connectivity index (χ0v) is 14.4. The fraction of sp³-hybridized carbons (Fsp3) is 0.600. The first-order valence-corrected chi connectivity index (χ1v) is 9.34. The number of imide groups is 1. The highest BCUT2D eigenvalue weighted by Gasteiger charge is 2.47. The molecule has 1 aliphatic carbocycles. The van der Waals surface area contributed by atoms with Crippen molar-refractivity contribution in [1.29, 1.82) is 0 Å². The summed E-state index contributed by atoms with van der Waals surface area (Å²) in [6, 6.07) is 7.94. The summed E-state index contributed by atoms with van der Waals surface area (Å²) in [7, 11) is 0. The normalized spacial score (nSPS) is 31.4. The van der Waals surface area contributed by atoms with Crippen molar-refractivity contribution in [2.45, 2.75) is 64.0 Å². The van der Waals surface area contributed by atoms with E-state index in [1.807, 2.05) is 31.2 Å². The number of nitrogens with zero attached hydrogens (tertiary/aromatic N) is 2. The highest BCUT2D eigenvalue weighted by atomic mass is 16.2. The SMILES string of the molecule is Cc1ccc(N2C(=O)CC(N3CCCC4CCCCC43)C2=O)cc1. The van der Waals surface area contributed by atoms with Crippen LogP contribution >= 0.6 is 0 Å².